The molecule has 2 aliphatic rings. The average molecular weight is 238 g/mol. The van der Waals surface area contributed by atoms with Crippen molar-refractivity contribution in [3.63, 3.8) is 0 Å². The average Bonchev–Trinajstić information content (AvgIpc) is 3.01. The number of rotatable bonds is 4. The van der Waals surface area contributed by atoms with Gasteiger partial charge in [0.15, 0.2) is 0 Å². The van der Waals surface area contributed by atoms with E-state index < -0.39 is 0 Å². The Balaban J connectivity index is 1.67. The van der Waals surface area contributed by atoms with Gasteiger partial charge >= 0.3 is 0 Å². The fourth-order valence-electron chi connectivity index (χ4n) is 3.04. The predicted molar refractivity (Wildman–Crippen MR) is 74.3 cm³/mol. The van der Waals surface area contributed by atoms with E-state index in [9.17, 15) is 0 Å². The molecule has 0 amide bonds. The van der Waals surface area contributed by atoms with Gasteiger partial charge < -0.3 is 5.32 Å². The first-order chi connectivity index (χ1) is 7.95. The molecule has 2 heteroatoms. The van der Waals surface area contributed by atoms with Gasteiger partial charge in [-0.15, -0.1) is 0 Å². The molecular formula is C15H30N2. The van der Waals surface area contributed by atoms with Gasteiger partial charge in [-0.2, -0.15) is 0 Å². The quantitative estimate of drug-likeness (QED) is 0.810. The highest BCUT2D eigenvalue weighted by molar-refractivity contribution is 4.86. The van der Waals surface area contributed by atoms with Crippen molar-refractivity contribution in [2.75, 3.05) is 13.1 Å². The molecule has 1 aliphatic heterocycles. The molecule has 1 saturated carbocycles. The Hall–Kier alpha value is -0.0800. The molecule has 1 aliphatic carbocycles. The summed E-state index contributed by atoms with van der Waals surface area (Å²) in [7, 11) is 0. The van der Waals surface area contributed by atoms with Crippen LogP contribution >= 0.6 is 0 Å². The van der Waals surface area contributed by atoms with Crippen molar-refractivity contribution in [1.29, 1.82) is 0 Å². The number of likely N-dealkylation sites (tertiary alicyclic amines) is 1. The molecule has 100 valence electrons. The lowest BCUT2D eigenvalue weighted by Crippen LogP contribution is -2.51. The molecule has 1 atom stereocenters. The molecule has 1 unspecified atom stereocenters. The van der Waals surface area contributed by atoms with Crippen molar-refractivity contribution < 1.29 is 0 Å². The Kier molecular flexibility index (Phi) is 4.14. The minimum Gasteiger partial charge on any atom is -0.311 e. The minimum absolute atomic E-state index is 0.352. The van der Waals surface area contributed by atoms with Crippen LogP contribution in [0.25, 0.3) is 0 Å². The summed E-state index contributed by atoms with van der Waals surface area (Å²) < 4.78 is 0. The van der Waals surface area contributed by atoms with E-state index >= 15 is 0 Å². The third kappa shape index (κ3) is 4.26. The first-order valence-electron chi connectivity index (χ1n) is 7.46. The van der Waals surface area contributed by atoms with Gasteiger partial charge in [-0.05, 0) is 52.9 Å². The highest BCUT2D eigenvalue weighted by Gasteiger charge is 2.28. The minimum atomic E-state index is 0.352. The van der Waals surface area contributed by atoms with Crippen molar-refractivity contribution in [2.45, 2.75) is 77.4 Å². The standard InChI is InChI=1S/C15H30N2/c1-12(11-13-5-6-13)16-14-7-9-17(10-8-14)15(2,3)4/h12-14,16H,5-11H2,1-4H3. The van der Waals surface area contributed by atoms with E-state index in [0.29, 0.717) is 5.54 Å². The van der Waals surface area contributed by atoms with Crippen LogP contribution in [0.3, 0.4) is 0 Å². The van der Waals surface area contributed by atoms with Crippen LogP contribution in [0.1, 0.15) is 59.8 Å². The fraction of sp³-hybridized carbons (Fsp3) is 1.00. The lowest BCUT2D eigenvalue weighted by molar-refractivity contribution is 0.0938. The maximum atomic E-state index is 3.84. The molecule has 0 bridgehead atoms. The molecule has 2 rings (SSSR count). The Morgan fingerprint density at radius 1 is 1.12 bits per heavy atom. The summed E-state index contributed by atoms with van der Waals surface area (Å²) in [5, 5.41) is 3.84. The first kappa shape index (κ1) is 13.4. The highest BCUT2D eigenvalue weighted by Crippen LogP contribution is 2.33. The molecular weight excluding hydrogens is 208 g/mol. The van der Waals surface area contributed by atoms with E-state index in [4.69, 9.17) is 0 Å². The molecule has 0 aromatic heterocycles. The van der Waals surface area contributed by atoms with Crippen LogP contribution in [0.2, 0.25) is 0 Å². The van der Waals surface area contributed by atoms with Crippen LogP contribution < -0.4 is 5.32 Å². The first-order valence-corrected chi connectivity index (χ1v) is 7.46. The summed E-state index contributed by atoms with van der Waals surface area (Å²) >= 11 is 0. The molecule has 2 fully saturated rings. The van der Waals surface area contributed by atoms with E-state index in [2.05, 4.69) is 37.9 Å². The maximum Gasteiger partial charge on any atom is 0.0125 e. The van der Waals surface area contributed by atoms with Gasteiger partial charge in [0.25, 0.3) is 0 Å². The number of nitrogens with one attached hydrogen (secondary N) is 1. The van der Waals surface area contributed by atoms with Crippen LogP contribution in [-0.2, 0) is 0 Å². The Morgan fingerprint density at radius 2 is 1.71 bits per heavy atom. The SMILES string of the molecule is CC(CC1CC1)NC1CCN(C(C)(C)C)CC1. The zero-order chi connectivity index (χ0) is 12.5. The molecule has 1 saturated heterocycles. The van der Waals surface area contributed by atoms with Crippen LogP contribution in [0.15, 0.2) is 0 Å². The predicted octanol–water partition coefficient (Wildman–Crippen LogP) is 3.03. The number of hydrogen-bond acceptors (Lipinski definition) is 2. The number of hydrogen-bond donors (Lipinski definition) is 1. The topological polar surface area (TPSA) is 15.3 Å². The van der Waals surface area contributed by atoms with E-state index in [1.807, 2.05) is 0 Å². The molecule has 2 nitrogen and oxygen atoms in total. The van der Waals surface area contributed by atoms with Crippen molar-refractivity contribution in [3.05, 3.63) is 0 Å². The number of piperidine rings is 1. The molecule has 17 heavy (non-hydrogen) atoms. The zero-order valence-electron chi connectivity index (χ0n) is 12.1. The van der Waals surface area contributed by atoms with Gasteiger partial charge in [-0.3, -0.25) is 4.90 Å². The van der Waals surface area contributed by atoms with Crippen molar-refractivity contribution >= 4 is 0 Å². The fourth-order valence-corrected chi connectivity index (χ4v) is 3.04. The summed E-state index contributed by atoms with van der Waals surface area (Å²) in [5.74, 6) is 1.05. The van der Waals surface area contributed by atoms with Gasteiger partial charge in [0.1, 0.15) is 0 Å². The van der Waals surface area contributed by atoms with Crippen LogP contribution in [0, 0.1) is 5.92 Å². The van der Waals surface area contributed by atoms with E-state index in [1.54, 1.807) is 0 Å². The third-order valence-electron chi connectivity index (χ3n) is 4.35. The summed E-state index contributed by atoms with van der Waals surface area (Å²) in [4.78, 5) is 2.62. The monoisotopic (exact) mass is 238 g/mol. The lowest BCUT2D eigenvalue weighted by Gasteiger charge is -2.41. The van der Waals surface area contributed by atoms with Crippen molar-refractivity contribution in [3.8, 4) is 0 Å². The van der Waals surface area contributed by atoms with Crippen molar-refractivity contribution in [2.24, 2.45) is 5.92 Å². The molecule has 1 N–H and O–H groups in total. The molecule has 0 radical (unpaired) electrons. The normalized spacial score (nSPS) is 26.1. The highest BCUT2D eigenvalue weighted by atomic mass is 15.2. The zero-order valence-corrected chi connectivity index (χ0v) is 12.1. The van der Waals surface area contributed by atoms with Crippen molar-refractivity contribution in [1.82, 2.24) is 10.2 Å². The van der Waals surface area contributed by atoms with Crippen LogP contribution in [0.5, 0.6) is 0 Å². The second-order valence-corrected chi connectivity index (χ2v) is 7.18. The summed E-state index contributed by atoms with van der Waals surface area (Å²) in [5.41, 5.74) is 0.352. The molecule has 0 aromatic carbocycles. The smallest absolute Gasteiger partial charge is 0.0125 e. The molecule has 0 spiro atoms. The van der Waals surface area contributed by atoms with Gasteiger partial charge in [0, 0.05) is 30.7 Å². The Labute approximate surface area is 107 Å². The summed E-state index contributed by atoms with van der Waals surface area (Å²) in [6.45, 7) is 11.9. The van der Waals surface area contributed by atoms with Gasteiger partial charge in [0.05, 0.1) is 0 Å². The van der Waals surface area contributed by atoms with E-state index in [0.717, 1.165) is 18.0 Å². The van der Waals surface area contributed by atoms with Gasteiger partial charge in [0.2, 0.25) is 0 Å². The van der Waals surface area contributed by atoms with Gasteiger partial charge in [-0.25, -0.2) is 0 Å². The van der Waals surface area contributed by atoms with E-state index in [1.165, 1.54) is 45.2 Å². The second kappa shape index (κ2) is 5.27. The molecule has 1 heterocycles. The van der Waals surface area contributed by atoms with Crippen LogP contribution in [0.4, 0.5) is 0 Å². The summed E-state index contributed by atoms with van der Waals surface area (Å²) in [6.07, 6.45) is 7.01. The van der Waals surface area contributed by atoms with Gasteiger partial charge in [-0.1, -0.05) is 12.8 Å². The Morgan fingerprint density at radius 3 is 2.18 bits per heavy atom. The molecule has 0 aromatic rings. The maximum absolute atomic E-state index is 3.84. The Bertz CT molecular complexity index is 232. The lowest BCUT2D eigenvalue weighted by atomic mass is 9.97. The largest absolute Gasteiger partial charge is 0.311 e. The second-order valence-electron chi connectivity index (χ2n) is 7.18. The third-order valence-corrected chi connectivity index (χ3v) is 4.35. The number of nitrogens with zero attached hydrogens (tertiary/aromatic N) is 1. The van der Waals surface area contributed by atoms with Crippen LogP contribution in [-0.4, -0.2) is 35.6 Å². The van der Waals surface area contributed by atoms with E-state index in [-0.39, 0.29) is 0 Å². The summed E-state index contributed by atoms with van der Waals surface area (Å²) in [6, 6.07) is 1.50.